The summed E-state index contributed by atoms with van der Waals surface area (Å²) in [6.07, 6.45) is 0.344. The number of carboxylic acid groups (broad SMARTS) is 1. The standard InChI is InChI=1S/C30H34BrNO6/c1-35-28-9-3-2-7-24(28)21-36-16-5-17-37-26-12-10-23(11-13-26)27-14-15-32(30(33)34)19-29(27)38-20-22-6-4-8-25(31)18-22/h2-4,6-13,18,27,29H,5,14-17,19-21H2,1H3,(H,33,34). The molecular formula is C30H34BrNO6. The molecule has 0 aliphatic carbocycles. The molecule has 0 saturated carbocycles. The summed E-state index contributed by atoms with van der Waals surface area (Å²) in [6, 6.07) is 23.9. The van der Waals surface area contributed by atoms with Crippen LogP contribution in [0.15, 0.2) is 77.3 Å². The molecule has 0 radical (unpaired) electrons. The lowest BCUT2D eigenvalue weighted by Gasteiger charge is -2.37. The second-order valence-electron chi connectivity index (χ2n) is 9.24. The van der Waals surface area contributed by atoms with E-state index in [9.17, 15) is 9.90 Å². The lowest BCUT2D eigenvalue weighted by molar-refractivity contribution is -0.0199. The fraction of sp³-hybridized carbons (Fsp3) is 0.367. The van der Waals surface area contributed by atoms with Gasteiger partial charge in [-0.2, -0.15) is 0 Å². The number of carbonyl (C=O) groups is 1. The normalized spacial score (nSPS) is 17.3. The maximum absolute atomic E-state index is 11.6. The third-order valence-corrected chi connectivity index (χ3v) is 7.14. The van der Waals surface area contributed by atoms with Crippen molar-refractivity contribution in [2.24, 2.45) is 0 Å². The molecule has 1 N–H and O–H groups in total. The minimum absolute atomic E-state index is 0.107. The molecule has 3 aromatic rings. The summed E-state index contributed by atoms with van der Waals surface area (Å²) in [7, 11) is 1.66. The SMILES string of the molecule is COc1ccccc1COCCCOc1ccc(C2CCN(C(=O)O)CC2OCc2cccc(Br)c2)cc1. The monoisotopic (exact) mass is 583 g/mol. The van der Waals surface area contributed by atoms with Crippen LogP contribution in [0.3, 0.4) is 0 Å². The number of methoxy groups -OCH3 is 1. The molecule has 2 atom stereocenters. The van der Waals surface area contributed by atoms with Gasteiger partial charge in [-0.1, -0.05) is 58.4 Å². The van der Waals surface area contributed by atoms with Crippen molar-refractivity contribution in [2.75, 3.05) is 33.4 Å². The third-order valence-electron chi connectivity index (χ3n) is 6.64. The summed E-state index contributed by atoms with van der Waals surface area (Å²) < 4.78 is 24.3. The van der Waals surface area contributed by atoms with Crippen LogP contribution in [0.2, 0.25) is 0 Å². The minimum atomic E-state index is -0.907. The summed E-state index contributed by atoms with van der Waals surface area (Å²) in [5.74, 6) is 1.74. The van der Waals surface area contributed by atoms with Gasteiger partial charge in [0.15, 0.2) is 0 Å². The van der Waals surface area contributed by atoms with Crippen LogP contribution in [-0.4, -0.2) is 55.6 Å². The first-order valence-electron chi connectivity index (χ1n) is 12.8. The van der Waals surface area contributed by atoms with Crippen LogP contribution in [-0.2, 0) is 22.7 Å². The number of ether oxygens (including phenoxy) is 4. The third kappa shape index (κ3) is 7.96. The fourth-order valence-electron chi connectivity index (χ4n) is 4.64. The largest absolute Gasteiger partial charge is 0.496 e. The highest BCUT2D eigenvalue weighted by molar-refractivity contribution is 9.10. The predicted octanol–water partition coefficient (Wildman–Crippen LogP) is 6.50. The van der Waals surface area contributed by atoms with Gasteiger partial charge in [-0.25, -0.2) is 4.79 Å². The number of amides is 1. The average molecular weight is 585 g/mol. The van der Waals surface area contributed by atoms with Crippen LogP contribution in [0.1, 0.15) is 35.4 Å². The number of hydrogen-bond acceptors (Lipinski definition) is 5. The predicted molar refractivity (Wildman–Crippen MR) is 149 cm³/mol. The van der Waals surface area contributed by atoms with E-state index in [1.807, 2.05) is 60.7 Å². The van der Waals surface area contributed by atoms with Gasteiger partial charge in [-0.05, 0) is 47.9 Å². The van der Waals surface area contributed by atoms with E-state index in [-0.39, 0.29) is 12.0 Å². The van der Waals surface area contributed by atoms with Crippen LogP contribution in [0.25, 0.3) is 0 Å². The zero-order valence-electron chi connectivity index (χ0n) is 21.6. The second-order valence-corrected chi connectivity index (χ2v) is 10.2. The Morgan fingerprint density at radius 2 is 1.84 bits per heavy atom. The average Bonchev–Trinajstić information content (AvgIpc) is 2.94. The molecule has 0 aromatic heterocycles. The summed E-state index contributed by atoms with van der Waals surface area (Å²) >= 11 is 3.49. The number of likely N-dealkylation sites (tertiary alicyclic amines) is 1. The molecule has 2 unspecified atom stereocenters. The molecule has 8 heteroatoms. The van der Waals surface area contributed by atoms with Crippen LogP contribution >= 0.6 is 15.9 Å². The van der Waals surface area contributed by atoms with Crippen molar-refractivity contribution in [1.82, 2.24) is 4.90 Å². The number of benzene rings is 3. The summed E-state index contributed by atoms with van der Waals surface area (Å²) in [4.78, 5) is 13.0. The van der Waals surface area contributed by atoms with Crippen molar-refractivity contribution >= 4 is 22.0 Å². The lowest BCUT2D eigenvalue weighted by Crippen LogP contribution is -2.46. The first-order chi connectivity index (χ1) is 18.5. The highest BCUT2D eigenvalue weighted by Gasteiger charge is 2.33. The highest BCUT2D eigenvalue weighted by atomic mass is 79.9. The molecule has 1 amide bonds. The number of hydrogen-bond donors (Lipinski definition) is 1. The van der Waals surface area contributed by atoms with E-state index in [0.29, 0.717) is 45.9 Å². The molecule has 1 aliphatic rings. The topological polar surface area (TPSA) is 77.5 Å². The van der Waals surface area contributed by atoms with Gasteiger partial charge in [0.05, 0.1) is 46.2 Å². The van der Waals surface area contributed by atoms with Crippen molar-refractivity contribution in [2.45, 2.75) is 38.1 Å². The van der Waals surface area contributed by atoms with Gasteiger partial charge in [0, 0.05) is 28.9 Å². The van der Waals surface area contributed by atoms with Crippen molar-refractivity contribution in [3.05, 3.63) is 94.0 Å². The Bertz CT molecular complexity index is 1170. The molecule has 1 saturated heterocycles. The van der Waals surface area contributed by atoms with Crippen LogP contribution in [0.4, 0.5) is 4.79 Å². The van der Waals surface area contributed by atoms with Crippen molar-refractivity contribution in [3.8, 4) is 11.5 Å². The van der Waals surface area contributed by atoms with E-state index in [2.05, 4.69) is 28.1 Å². The van der Waals surface area contributed by atoms with E-state index in [4.69, 9.17) is 18.9 Å². The van der Waals surface area contributed by atoms with E-state index in [1.54, 1.807) is 7.11 Å². The van der Waals surface area contributed by atoms with E-state index < -0.39 is 6.09 Å². The van der Waals surface area contributed by atoms with Crippen molar-refractivity contribution < 1.29 is 28.8 Å². The second kappa shape index (κ2) is 14.2. The number of piperidine rings is 1. The van der Waals surface area contributed by atoms with E-state index in [1.165, 1.54) is 4.90 Å². The molecular weight excluding hydrogens is 550 g/mol. The Morgan fingerprint density at radius 3 is 2.61 bits per heavy atom. The lowest BCUT2D eigenvalue weighted by atomic mass is 9.87. The smallest absolute Gasteiger partial charge is 0.407 e. The molecule has 38 heavy (non-hydrogen) atoms. The Labute approximate surface area is 232 Å². The zero-order valence-corrected chi connectivity index (χ0v) is 23.1. The molecule has 3 aromatic carbocycles. The quantitative estimate of drug-likeness (QED) is 0.245. The molecule has 1 aliphatic heterocycles. The van der Waals surface area contributed by atoms with Crippen LogP contribution in [0, 0.1) is 0 Å². The first-order valence-corrected chi connectivity index (χ1v) is 13.6. The minimum Gasteiger partial charge on any atom is -0.496 e. The van der Waals surface area contributed by atoms with Crippen LogP contribution in [0.5, 0.6) is 11.5 Å². The van der Waals surface area contributed by atoms with Crippen molar-refractivity contribution in [3.63, 3.8) is 0 Å². The van der Waals surface area contributed by atoms with Gasteiger partial charge in [-0.15, -0.1) is 0 Å². The van der Waals surface area contributed by atoms with Crippen molar-refractivity contribution in [1.29, 1.82) is 0 Å². The van der Waals surface area contributed by atoms with Gasteiger partial charge in [0.25, 0.3) is 0 Å². The first kappa shape index (κ1) is 28.0. The van der Waals surface area contributed by atoms with Gasteiger partial charge in [0.2, 0.25) is 0 Å². The highest BCUT2D eigenvalue weighted by Crippen LogP contribution is 2.32. The number of rotatable bonds is 12. The van der Waals surface area contributed by atoms with Gasteiger partial charge >= 0.3 is 6.09 Å². The summed E-state index contributed by atoms with van der Waals surface area (Å²) in [5, 5.41) is 9.52. The number of nitrogens with zero attached hydrogens (tertiary/aromatic N) is 1. The summed E-state index contributed by atoms with van der Waals surface area (Å²) in [5.41, 5.74) is 3.20. The number of para-hydroxylation sites is 1. The Balaban J connectivity index is 1.26. The molecule has 202 valence electrons. The Morgan fingerprint density at radius 1 is 1.03 bits per heavy atom. The molecule has 0 spiro atoms. The molecule has 1 fully saturated rings. The van der Waals surface area contributed by atoms with Crippen LogP contribution < -0.4 is 9.47 Å². The molecule has 1 heterocycles. The fourth-order valence-corrected chi connectivity index (χ4v) is 5.08. The Kier molecular flexibility index (Phi) is 10.4. The molecule has 7 nitrogen and oxygen atoms in total. The van der Waals surface area contributed by atoms with E-state index in [0.717, 1.165) is 39.1 Å². The zero-order chi connectivity index (χ0) is 26.7. The van der Waals surface area contributed by atoms with Gasteiger partial charge < -0.3 is 29.0 Å². The number of halogens is 1. The van der Waals surface area contributed by atoms with E-state index >= 15 is 0 Å². The Hall–Kier alpha value is -3.07. The van der Waals surface area contributed by atoms with Gasteiger partial charge in [-0.3, -0.25) is 0 Å². The summed E-state index contributed by atoms with van der Waals surface area (Å²) in [6.45, 7) is 2.92. The maximum atomic E-state index is 11.6. The molecule has 4 rings (SSSR count). The molecule has 0 bridgehead atoms. The maximum Gasteiger partial charge on any atom is 0.407 e. The van der Waals surface area contributed by atoms with Gasteiger partial charge in [0.1, 0.15) is 11.5 Å².